The maximum absolute atomic E-state index is 10.8. The van der Waals surface area contributed by atoms with E-state index in [0.29, 0.717) is 5.82 Å². The lowest BCUT2D eigenvalue weighted by atomic mass is 10.3. The Kier molecular flexibility index (Phi) is 3.39. The fraction of sp³-hybridized carbons (Fsp3) is 0. The first-order chi connectivity index (χ1) is 8.16. The molecule has 0 aliphatic rings. The number of aromatic carboxylic acids is 1. The summed E-state index contributed by atoms with van der Waals surface area (Å²) in [5.41, 5.74) is 0.851. The number of halogens is 1. The lowest BCUT2D eigenvalue weighted by Crippen LogP contribution is -2.02. The van der Waals surface area contributed by atoms with E-state index >= 15 is 0 Å². The van der Waals surface area contributed by atoms with Crippen molar-refractivity contribution in [3.63, 3.8) is 0 Å². The molecule has 0 atom stereocenters. The molecule has 2 N–H and O–H groups in total. The second-order valence-electron chi connectivity index (χ2n) is 3.32. The van der Waals surface area contributed by atoms with E-state index in [0.717, 1.165) is 10.2 Å². The summed E-state index contributed by atoms with van der Waals surface area (Å²) < 4.78 is 0.891. The van der Waals surface area contributed by atoms with Crippen LogP contribution in [0.25, 0.3) is 0 Å². The summed E-state index contributed by atoms with van der Waals surface area (Å²) in [6, 6.07) is 12.4. The predicted molar refractivity (Wildman–Crippen MR) is 68.6 cm³/mol. The van der Waals surface area contributed by atoms with Crippen LogP contribution in [-0.2, 0) is 0 Å². The molecule has 2 rings (SSSR count). The average Bonchev–Trinajstić information content (AvgIpc) is 2.32. The third-order valence-electron chi connectivity index (χ3n) is 2.10. The number of hydrogen-bond donors (Lipinski definition) is 2. The zero-order valence-corrected chi connectivity index (χ0v) is 10.3. The molecular formula is C12H9BrN2O2. The maximum Gasteiger partial charge on any atom is 0.354 e. The van der Waals surface area contributed by atoms with E-state index in [-0.39, 0.29) is 5.69 Å². The Labute approximate surface area is 106 Å². The Morgan fingerprint density at radius 2 is 1.94 bits per heavy atom. The van der Waals surface area contributed by atoms with Crippen LogP contribution in [0.3, 0.4) is 0 Å². The van der Waals surface area contributed by atoms with Crippen molar-refractivity contribution in [2.75, 3.05) is 5.32 Å². The van der Waals surface area contributed by atoms with Crippen LogP contribution in [-0.4, -0.2) is 16.1 Å². The fourth-order valence-electron chi connectivity index (χ4n) is 1.32. The number of carboxylic acid groups (broad SMARTS) is 1. The Bertz CT molecular complexity index is 558. The smallest absolute Gasteiger partial charge is 0.354 e. The van der Waals surface area contributed by atoms with Gasteiger partial charge in [-0.1, -0.05) is 18.2 Å². The van der Waals surface area contributed by atoms with E-state index in [1.54, 1.807) is 12.1 Å². The minimum absolute atomic E-state index is 0.0158. The molecule has 1 aromatic heterocycles. The Morgan fingerprint density at radius 1 is 1.18 bits per heavy atom. The van der Waals surface area contributed by atoms with Crippen LogP contribution >= 0.6 is 15.9 Å². The summed E-state index contributed by atoms with van der Waals surface area (Å²) in [6.45, 7) is 0. The first kappa shape index (κ1) is 11.6. The van der Waals surface area contributed by atoms with Gasteiger partial charge in [0.2, 0.25) is 0 Å². The number of aromatic nitrogens is 1. The molecule has 0 fully saturated rings. The molecule has 0 spiro atoms. The SMILES string of the molecule is O=C(O)c1cccc(Nc2ccccc2Br)n1. The van der Waals surface area contributed by atoms with Crippen molar-refractivity contribution in [2.24, 2.45) is 0 Å². The number of pyridine rings is 1. The van der Waals surface area contributed by atoms with Crippen LogP contribution in [0.2, 0.25) is 0 Å². The number of anilines is 2. The van der Waals surface area contributed by atoms with Crippen LogP contribution in [0.5, 0.6) is 0 Å². The number of rotatable bonds is 3. The molecule has 1 aromatic carbocycles. The van der Waals surface area contributed by atoms with Crippen LogP contribution < -0.4 is 5.32 Å². The third-order valence-corrected chi connectivity index (χ3v) is 2.80. The summed E-state index contributed by atoms with van der Waals surface area (Å²) >= 11 is 3.39. The standard InChI is InChI=1S/C12H9BrN2O2/c13-8-4-1-2-5-9(8)14-11-7-3-6-10(15-11)12(16)17/h1-7H,(H,14,15)(H,16,17). The molecule has 2 aromatic rings. The number of nitrogens with one attached hydrogen (secondary N) is 1. The van der Waals surface area contributed by atoms with Crippen molar-refractivity contribution in [3.8, 4) is 0 Å². The number of carboxylic acids is 1. The molecule has 4 nitrogen and oxygen atoms in total. The van der Waals surface area contributed by atoms with Gasteiger partial charge in [0, 0.05) is 4.47 Å². The van der Waals surface area contributed by atoms with Gasteiger partial charge in [0.1, 0.15) is 5.82 Å². The molecule has 0 saturated carbocycles. The first-order valence-electron chi connectivity index (χ1n) is 4.89. The van der Waals surface area contributed by atoms with Crippen molar-refractivity contribution in [2.45, 2.75) is 0 Å². The number of nitrogens with zero attached hydrogens (tertiary/aromatic N) is 1. The highest BCUT2D eigenvalue weighted by Gasteiger charge is 2.05. The van der Waals surface area contributed by atoms with E-state index in [9.17, 15) is 4.79 Å². The fourth-order valence-corrected chi connectivity index (χ4v) is 1.71. The minimum atomic E-state index is -1.04. The highest BCUT2D eigenvalue weighted by Crippen LogP contribution is 2.24. The predicted octanol–water partition coefficient (Wildman–Crippen LogP) is 3.29. The van der Waals surface area contributed by atoms with E-state index in [4.69, 9.17) is 5.11 Å². The highest BCUT2D eigenvalue weighted by molar-refractivity contribution is 9.10. The molecule has 1 heterocycles. The van der Waals surface area contributed by atoms with Crippen molar-refractivity contribution in [3.05, 3.63) is 52.6 Å². The Morgan fingerprint density at radius 3 is 2.65 bits per heavy atom. The number of carbonyl (C=O) groups is 1. The van der Waals surface area contributed by atoms with E-state index < -0.39 is 5.97 Å². The highest BCUT2D eigenvalue weighted by atomic mass is 79.9. The van der Waals surface area contributed by atoms with Gasteiger partial charge in [0.05, 0.1) is 5.69 Å². The summed E-state index contributed by atoms with van der Waals surface area (Å²) in [7, 11) is 0. The lowest BCUT2D eigenvalue weighted by Gasteiger charge is -2.07. The number of para-hydroxylation sites is 1. The van der Waals surface area contributed by atoms with Gasteiger partial charge in [-0.2, -0.15) is 0 Å². The molecule has 0 amide bonds. The molecule has 0 aliphatic heterocycles. The van der Waals surface area contributed by atoms with E-state index in [1.807, 2.05) is 24.3 Å². The quantitative estimate of drug-likeness (QED) is 0.911. The van der Waals surface area contributed by atoms with Gasteiger partial charge in [-0.15, -0.1) is 0 Å². The molecule has 0 aliphatic carbocycles. The number of hydrogen-bond acceptors (Lipinski definition) is 3. The molecular weight excluding hydrogens is 284 g/mol. The molecule has 0 unspecified atom stereocenters. The van der Waals surface area contributed by atoms with Crippen LogP contribution in [0.4, 0.5) is 11.5 Å². The molecule has 17 heavy (non-hydrogen) atoms. The second kappa shape index (κ2) is 4.97. The van der Waals surface area contributed by atoms with Gasteiger partial charge >= 0.3 is 5.97 Å². The monoisotopic (exact) mass is 292 g/mol. The molecule has 0 saturated heterocycles. The summed E-state index contributed by atoms with van der Waals surface area (Å²) in [4.78, 5) is 14.8. The topological polar surface area (TPSA) is 62.2 Å². The Balaban J connectivity index is 2.28. The summed E-state index contributed by atoms with van der Waals surface area (Å²) in [5.74, 6) is -0.544. The van der Waals surface area contributed by atoms with Crippen molar-refractivity contribution < 1.29 is 9.90 Å². The molecule has 5 heteroatoms. The van der Waals surface area contributed by atoms with Gasteiger partial charge in [-0.05, 0) is 40.2 Å². The number of benzene rings is 1. The van der Waals surface area contributed by atoms with Gasteiger partial charge < -0.3 is 10.4 Å². The third kappa shape index (κ3) is 2.82. The Hall–Kier alpha value is -1.88. The summed E-state index contributed by atoms with van der Waals surface area (Å²) in [6.07, 6.45) is 0. The average molecular weight is 293 g/mol. The van der Waals surface area contributed by atoms with Crippen molar-refractivity contribution in [1.29, 1.82) is 0 Å². The van der Waals surface area contributed by atoms with Gasteiger partial charge in [0.15, 0.2) is 5.69 Å². The van der Waals surface area contributed by atoms with Crippen molar-refractivity contribution >= 4 is 33.4 Å². The van der Waals surface area contributed by atoms with E-state index in [1.165, 1.54) is 6.07 Å². The summed E-state index contributed by atoms with van der Waals surface area (Å²) in [5, 5.41) is 11.9. The largest absolute Gasteiger partial charge is 0.477 e. The van der Waals surface area contributed by atoms with E-state index in [2.05, 4.69) is 26.2 Å². The molecule has 0 bridgehead atoms. The van der Waals surface area contributed by atoms with Gasteiger partial charge in [-0.25, -0.2) is 9.78 Å². The van der Waals surface area contributed by atoms with Gasteiger partial charge in [-0.3, -0.25) is 0 Å². The zero-order chi connectivity index (χ0) is 12.3. The van der Waals surface area contributed by atoms with Crippen LogP contribution in [0.15, 0.2) is 46.9 Å². The maximum atomic E-state index is 10.8. The van der Waals surface area contributed by atoms with Gasteiger partial charge in [0.25, 0.3) is 0 Å². The van der Waals surface area contributed by atoms with Crippen LogP contribution in [0.1, 0.15) is 10.5 Å². The molecule has 0 radical (unpaired) electrons. The zero-order valence-electron chi connectivity index (χ0n) is 8.72. The minimum Gasteiger partial charge on any atom is -0.477 e. The normalized spacial score (nSPS) is 9.94. The van der Waals surface area contributed by atoms with Crippen molar-refractivity contribution in [1.82, 2.24) is 4.98 Å². The van der Waals surface area contributed by atoms with Crippen LogP contribution in [0, 0.1) is 0 Å². The lowest BCUT2D eigenvalue weighted by molar-refractivity contribution is 0.0690. The molecule has 86 valence electrons. The first-order valence-corrected chi connectivity index (χ1v) is 5.68. The second-order valence-corrected chi connectivity index (χ2v) is 4.17.